The van der Waals surface area contributed by atoms with Crippen molar-refractivity contribution < 1.29 is 10.2 Å². The van der Waals surface area contributed by atoms with Gasteiger partial charge in [-0.05, 0) is 31.9 Å². The zero-order valence-corrected chi connectivity index (χ0v) is 10.5. The van der Waals surface area contributed by atoms with E-state index in [-0.39, 0.29) is 12.8 Å². The molecule has 0 bridgehead atoms. The predicted molar refractivity (Wildman–Crippen MR) is 70.1 cm³/mol. The van der Waals surface area contributed by atoms with E-state index < -0.39 is 5.72 Å². The van der Waals surface area contributed by atoms with Crippen LogP contribution in [0.3, 0.4) is 0 Å². The van der Waals surface area contributed by atoms with Crippen LogP contribution < -0.4 is 16.0 Å². The Balaban J connectivity index is 2.14. The summed E-state index contributed by atoms with van der Waals surface area (Å²) in [7, 11) is 0. The summed E-state index contributed by atoms with van der Waals surface area (Å²) < 4.78 is 0. The third kappa shape index (κ3) is 2.55. The van der Waals surface area contributed by atoms with E-state index in [0.29, 0.717) is 18.8 Å². The number of hydrogen-bond donors (Lipinski definition) is 4. The molecule has 0 radical (unpaired) electrons. The average molecular weight is 252 g/mol. The highest BCUT2D eigenvalue weighted by Gasteiger charge is 2.39. The van der Waals surface area contributed by atoms with Gasteiger partial charge in [0.2, 0.25) is 0 Å². The van der Waals surface area contributed by atoms with Crippen LogP contribution >= 0.6 is 0 Å². The second-order valence-electron chi connectivity index (χ2n) is 4.73. The fraction of sp³-hybridized carbons (Fsp3) is 0.583. The highest BCUT2D eigenvalue weighted by molar-refractivity contribution is 5.50. The molecule has 1 aromatic heterocycles. The van der Waals surface area contributed by atoms with Crippen molar-refractivity contribution in [1.82, 2.24) is 4.98 Å². The SMILES string of the molecule is CC(N)Nc1ccc(N2CCCC2(O)CO)nc1. The molecule has 0 aromatic carbocycles. The van der Waals surface area contributed by atoms with Gasteiger partial charge in [0.15, 0.2) is 5.72 Å². The van der Waals surface area contributed by atoms with Crippen molar-refractivity contribution in [2.24, 2.45) is 5.73 Å². The van der Waals surface area contributed by atoms with Gasteiger partial charge in [-0.1, -0.05) is 0 Å². The molecule has 18 heavy (non-hydrogen) atoms. The van der Waals surface area contributed by atoms with Crippen LogP contribution in [0.1, 0.15) is 19.8 Å². The molecule has 2 heterocycles. The lowest BCUT2D eigenvalue weighted by Crippen LogP contribution is -2.47. The number of aromatic nitrogens is 1. The van der Waals surface area contributed by atoms with E-state index in [1.807, 2.05) is 19.1 Å². The van der Waals surface area contributed by atoms with Crippen molar-refractivity contribution in [3.05, 3.63) is 18.3 Å². The molecule has 1 aromatic rings. The molecule has 2 unspecified atom stereocenters. The van der Waals surface area contributed by atoms with E-state index >= 15 is 0 Å². The molecule has 6 nitrogen and oxygen atoms in total. The van der Waals surface area contributed by atoms with Gasteiger partial charge in [0, 0.05) is 6.54 Å². The Morgan fingerprint density at radius 2 is 2.39 bits per heavy atom. The second kappa shape index (κ2) is 5.09. The fourth-order valence-electron chi connectivity index (χ4n) is 2.25. The lowest BCUT2D eigenvalue weighted by atomic mass is 10.2. The summed E-state index contributed by atoms with van der Waals surface area (Å²) in [6, 6.07) is 3.68. The second-order valence-corrected chi connectivity index (χ2v) is 4.73. The number of aliphatic hydroxyl groups excluding tert-OH is 1. The zero-order chi connectivity index (χ0) is 13.2. The van der Waals surface area contributed by atoms with Gasteiger partial charge in [-0.25, -0.2) is 4.98 Å². The minimum atomic E-state index is -1.18. The van der Waals surface area contributed by atoms with Crippen molar-refractivity contribution in [2.75, 3.05) is 23.4 Å². The van der Waals surface area contributed by atoms with Crippen molar-refractivity contribution in [3.63, 3.8) is 0 Å². The minimum Gasteiger partial charge on any atom is -0.391 e. The molecule has 1 saturated heterocycles. The number of nitrogens with one attached hydrogen (secondary N) is 1. The Bertz CT molecular complexity index is 396. The van der Waals surface area contributed by atoms with Gasteiger partial charge in [0.05, 0.1) is 24.7 Å². The highest BCUT2D eigenvalue weighted by atomic mass is 16.4. The van der Waals surface area contributed by atoms with Crippen LogP contribution in [-0.2, 0) is 0 Å². The van der Waals surface area contributed by atoms with Crippen LogP contribution in [0.5, 0.6) is 0 Å². The molecule has 0 spiro atoms. The Morgan fingerprint density at radius 1 is 1.61 bits per heavy atom. The number of rotatable bonds is 4. The third-order valence-corrected chi connectivity index (χ3v) is 3.13. The van der Waals surface area contributed by atoms with Gasteiger partial charge in [-0.3, -0.25) is 0 Å². The molecule has 100 valence electrons. The summed E-state index contributed by atoms with van der Waals surface area (Å²) in [4.78, 5) is 6.03. The van der Waals surface area contributed by atoms with Gasteiger partial charge in [0.1, 0.15) is 5.82 Å². The largest absolute Gasteiger partial charge is 0.391 e. The monoisotopic (exact) mass is 252 g/mol. The molecule has 2 atom stereocenters. The first-order valence-corrected chi connectivity index (χ1v) is 6.14. The van der Waals surface area contributed by atoms with Crippen molar-refractivity contribution >= 4 is 11.5 Å². The van der Waals surface area contributed by atoms with Gasteiger partial charge in [-0.2, -0.15) is 0 Å². The van der Waals surface area contributed by atoms with E-state index in [0.717, 1.165) is 12.1 Å². The van der Waals surface area contributed by atoms with Crippen molar-refractivity contribution in [3.8, 4) is 0 Å². The topological polar surface area (TPSA) is 94.6 Å². The number of pyridine rings is 1. The smallest absolute Gasteiger partial charge is 0.162 e. The van der Waals surface area contributed by atoms with Crippen molar-refractivity contribution in [1.29, 1.82) is 0 Å². The molecule has 6 heteroatoms. The normalized spacial score (nSPS) is 25.2. The lowest BCUT2D eigenvalue weighted by molar-refractivity contribution is -0.00544. The lowest BCUT2D eigenvalue weighted by Gasteiger charge is -2.32. The van der Waals surface area contributed by atoms with Gasteiger partial charge >= 0.3 is 0 Å². The number of hydrogen-bond acceptors (Lipinski definition) is 6. The third-order valence-electron chi connectivity index (χ3n) is 3.13. The van der Waals surface area contributed by atoms with Crippen LogP contribution in [0.25, 0.3) is 0 Å². The van der Waals surface area contributed by atoms with E-state index in [4.69, 9.17) is 5.73 Å². The summed E-state index contributed by atoms with van der Waals surface area (Å²) >= 11 is 0. The summed E-state index contributed by atoms with van der Waals surface area (Å²) in [5.41, 5.74) is 5.28. The van der Waals surface area contributed by atoms with Crippen LogP contribution in [-0.4, -0.2) is 40.2 Å². The van der Waals surface area contributed by atoms with Crippen LogP contribution in [0, 0.1) is 0 Å². The number of nitrogens with two attached hydrogens (primary N) is 1. The zero-order valence-electron chi connectivity index (χ0n) is 10.5. The Hall–Kier alpha value is -1.37. The maximum atomic E-state index is 10.2. The van der Waals surface area contributed by atoms with Crippen LogP contribution in [0.15, 0.2) is 18.3 Å². The number of aliphatic hydroxyl groups is 2. The average Bonchev–Trinajstić information content (AvgIpc) is 2.72. The number of anilines is 2. The van der Waals surface area contributed by atoms with Gasteiger partial charge in [-0.15, -0.1) is 0 Å². The fourth-order valence-corrected chi connectivity index (χ4v) is 2.25. The van der Waals surface area contributed by atoms with E-state index in [1.54, 1.807) is 11.1 Å². The minimum absolute atomic E-state index is 0.140. The van der Waals surface area contributed by atoms with E-state index in [2.05, 4.69) is 10.3 Å². The summed E-state index contributed by atoms with van der Waals surface area (Å²) in [6.07, 6.45) is 2.94. The van der Waals surface area contributed by atoms with Crippen molar-refractivity contribution in [2.45, 2.75) is 31.7 Å². The molecule has 0 aliphatic carbocycles. The molecule has 0 saturated carbocycles. The first-order chi connectivity index (χ1) is 8.55. The number of nitrogens with zero attached hydrogens (tertiary/aromatic N) is 2. The summed E-state index contributed by atoms with van der Waals surface area (Å²) in [5.74, 6) is 0.666. The molecule has 1 aliphatic rings. The molecule has 0 amide bonds. The van der Waals surface area contributed by atoms with E-state index in [1.165, 1.54) is 0 Å². The molecule has 1 aliphatic heterocycles. The summed E-state index contributed by atoms with van der Waals surface area (Å²) in [5, 5.41) is 22.6. The Morgan fingerprint density at radius 3 is 2.94 bits per heavy atom. The van der Waals surface area contributed by atoms with E-state index in [9.17, 15) is 10.2 Å². The van der Waals surface area contributed by atoms with Gasteiger partial charge < -0.3 is 26.2 Å². The molecular weight excluding hydrogens is 232 g/mol. The molecular formula is C12H20N4O2. The van der Waals surface area contributed by atoms with Crippen LogP contribution in [0.4, 0.5) is 11.5 Å². The van der Waals surface area contributed by atoms with Crippen LogP contribution in [0.2, 0.25) is 0 Å². The first kappa shape index (κ1) is 13.1. The molecule has 5 N–H and O–H groups in total. The maximum absolute atomic E-state index is 10.2. The Labute approximate surface area is 106 Å². The van der Waals surface area contributed by atoms with Gasteiger partial charge in [0.25, 0.3) is 0 Å². The summed E-state index contributed by atoms with van der Waals surface area (Å²) in [6.45, 7) is 2.26. The highest BCUT2D eigenvalue weighted by Crippen LogP contribution is 2.31. The maximum Gasteiger partial charge on any atom is 0.162 e. The standard InChI is InChI=1S/C12H20N4O2/c1-9(13)15-10-3-4-11(14-7-10)16-6-2-5-12(16,18)8-17/h3-4,7,9,15,17-18H,2,5-6,8,13H2,1H3. The molecule has 1 fully saturated rings. The Kier molecular flexibility index (Phi) is 3.70. The first-order valence-electron chi connectivity index (χ1n) is 6.14. The quantitative estimate of drug-likeness (QED) is 0.567. The predicted octanol–water partition coefficient (Wildman–Crippen LogP) is 0.0793. The molecule has 2 rings (SSSR count).